The number of aromatic nitrogens is 2. The van der Waals surface area contributed by atoms with Crippen LogP contribution in [0.3, 0.4) is 0 Å². The van der Waals surface area contributed by atoms with Gasteiger partial charge in [-0.25, -0.2) is 9.18 Å². The number of hydrogen-bond acceptors (Lipinski definition) is 9. The van der Waals surface area contributed by atoms with E-state index in [0.717, 1.165) is 47.8 Å². The number of alkyl halides is 3. The highest BCUT2D eigenvalue weighted by Crippen LogP contribution is 2.38. The van der Waals surface area contributed by atoms with Crippen LogP contribution < -0.4 is 25.8 Å². The van der Waals surface area contributed by atoms with Gasteiger partial charge in [-0.1, -0.05) is 23.3 Å². The maximum atomic E-state index is 15.2. The molecule has 0 saturated carbocycles. The number of imide groups is 1. The van der Waals surface area contributed by atoms with Gasteiger partial charge in [-0.05, 0) is 85.4 Å². The summed E-state index contributed by atoms with van der Waals surface area (Å²) in [6, 6.07) is 9.95. The summed E-state index contributed by atoms with van der Waals surface area (Å²) < 4.78 is 54.2. The van der Waals surface area contributed by atoms with E-state index in [1.165, 1.54) is 11.6 Å². The van der Waals surface area contributed by atoms with Gasteiger partial charge in [0.05, 0.1) is 23.2 Å². The molecule has 3 fully saturated rings. The maximum Gasteiger partial charge on any atom is 0.490 e. The number of carbonyl (C=O) groups excluding carboxylic acids is 3. The molecule has 0 spiro atoms. The van der Waals surface area contributed by atoms with Crippen molar-refractivity contribution in [2.45, 2.75) is 57.2 Å². The van der Waals surface area contributed by atoms with Crippen molar-refractivity contribution in [3.05, 3.63) is 87.3 Å². The molecule has 3 N–H and O–H groups in total. The van der Waals surface area contributed by atoms with Gasteiger partial charge >= 0.3 is 12.1 Å². The highest BCUT2D eigenvalue weighted by Gasteiger charge is 2.38. The topological polar surface area (TPSA) is 163 Å². The van der Waals surface area contributed by atoms with Crippen LogP contribution >= 0.6 is 11.6 Å². The summed E-state index contributed by atoms with van der Waals surface area (Å²) in [5.74, 6) is -2.82. The van der Waals surface area contributed by atoms with Crippen LogP contribution in [0, 0.1) is 11.7 Å². The number of ether oxygens (including phenoxy) is 1. The molecule has 7 rings (SSSR count). The lowest BCUT2D eigenvalue weighted by Gasteiger charge is -2.35. The van der Waals surface area contributed by atoms with E-state index in [-0.39, 0.29) is 35.5 Å². The van der Waals surface area contributed by atoms with Crippen LogP contribution in [0.25, 0.3) is 28.0 Å². The van der Waals surface area contributed by atoms with E-state index < -0.39 is 24.1 Å². The summed E-state index contributed by atoms with van der Waals surface area (Å²) >= 11 is 6.88. The van der Waals surface area contributed by atoms with Crippen molar-refractivity contribution in [1.29, 1.82) is 0 Å². The largest absolute Gasteiger partial charge is 0.496 e. The van der Waals surface area contributed by atoms with E-state index in [9.17, 15) is 32.3 Å². The standard InChI is InChI=1S/C40H42ClFN6O5.C2HF3O2/c1-46-23-31(28-7-12-43-22-30(28)40(46)52)26-19-32(41)29(36(20-26)53-2)17-24-10-15-48(16-11-24)38(50)18-25-8-13-47(14-9-25)35-5-3-27(21-33(35)42)44-34-4-6-37(49)45-39(34)51;3-2(4,5)1(6)7/h3,5,7,12,17,19-23,25,34,44H,4,6,8-11,13-16,18H2,1-2H3,(H,45,49,51);(H,6,7). The van der Waals surface area contributed by atoms with Crippen molar-refractivity contribution in [3.63, 3.8) is 0 Å². The number of carboxylic acids is 1. The summed E-state index contributed by atoms with van der Waals surface area (Å²) in [4.78, 5) is 66.5. The number of hydrogen-bond donors (Lipinski definition) is 3. The Morgan fingerprint density at radius 3 is 2.35 bits per heavy atom. The Morgan fingerprint density at radius 1 is 1.02 bits per heavy atom. The van der Waals surface area contributed by atoms with Crippen molar-refractivity contribution in [3.8, 4) is 16.9 Å². The van der Waals surface area contributed by atoms with Crippen LogP contribution in [0.15, 0.2) is 65.4 Å². The van der Waals surface area contributed by atoms with E-state index in [4.69, 9.17) is 26.2 Å². The van der Waals surface area contributed by atoms with E-state index in [0.29, 0.717) is 66.6 Å². The van der Waals surface area contributed by atoms with Crippen molar-refractivity contribution in [1.82, 2.24) is 19.8 Å². The number of rotatable bonds is 8. The second kappa shape index (κ2) is 18.5. The Morgan fingerprint density at radius 2 is 1.72 bits per heavy atom. The van der Waals surface area contributed by atoms with Gasteiger partial charge in [0.15, 0.2) is 0 Å². The zero-order chi connectivity index (χ0) is 43.3. The zero-order valence-electron chi connectivity index (χ0n) is 32.8. The average molecular weight is 855 g/mol. The number of piperidine rings is 3. The van der Waals surface area contributed by atoms with Gasteiger partial charge in [0.2, 0.25) is 17.7 Å². The van der Waals surface area contributed by atoms with Gasteiger partial charge in [0, 0.05) is 81.5 Å². The number of halogens is 5. The molecule has 3 aliphatic heterocycles. The third kappa shape index (κ3) is 10.2. The average Bonchev–Trinajstić information content (AvgIpc) is 3.21. The van der Waals surface area contributed by atoms with Crippen LogP contribution in [-0.2, 0) is 26.2 Å². The van der Waals surface area contributed by atoms with Crippen molar-refractivity contribution in [2.24, 2.45) is 13.0 Å². The lowest BCUT2D eigenvalue weighted by molar-refractivity contribution is -0.192. The Bertz CT molecular complexity index is 2390. The Kier molecular flexibility index (Phi) is 13.5. The van der Waals surface area contributed by atoms with E-state index in [2.05, 4.69) is 21.7 Å². The summed E-state index contributed by atoms with van der Waals surface area (Å²) in [6.07, 6.45) is 6.18. The molecule has 18 heteroatoms. The van der Waals surface area contributed by atoms with Gasteiger partial charge in [-0.15, -0.1) is 0 Å². The fourth-order valence-electron chi connectivity index (χ4n) is 7.63. The lowest BCUT2D eigenvalue weighted by Crippen LogP contribution is -2.47. The molecule has 3 saturated heterocycles. The number of aryl methyl sites for hydroxylation is 1. The van der Waals surface area contributed by atoms with Crippen molar-refractivity contribution < 1.29 is 46.6 Å². The molecule has 318 valence electrons. The van der Waals surface area contributed by atoms with Gasteiger partial charge in [0.1, 0.15) is 17.6 Å². The second-order valence-electron chi connectivity index (χ2n) is 14.9. The number of amides is 3. The Balaban J connectivity index is 0.000000793. The summed E-state index contributed by atoms with van der Waals surface area (Å²) in [5, 5.41) is 14.3. The predicted octanol–water partition coefficient (Wildman–Crippen LogP) is 6.56. The molecule has 5 heterocycles. The van der Waals surface area contributed by atoms with Crippen LogP contribution in [0.5, 0.6) is 5.75 Å². The van der Waals surface area contributed by atoms with Crippen LogP contribution in [-0.4, -0.2) is 88.8 Å². The molecule has 1 unspecified atom stereocenters. The number of fused-ring (bicyclic) bond motifs is 1. The number of methoxy groups -OCH3 is 1. The number of nitrogens with one attached hydrogen (secondary N) is 2. The minimum absolute atomic E-state index is 0.120. The highest BCUT2D eigenvalue weighted by molar-refractivity contribution is 6.32. The third-order valence-corrected chi connectivity index (χ3v) is 11.2. The van der Waals surface area contributed by atoms with Crippen LogP contribution in [0.1, 0.15) is 50.5 Å². The van der Waals surface area contributed by atoms with E-state index in [1.54, 1.807) is 49.4 Å². The molecule has 1 atom stereocenters. The number of nitrogens with zero attached hydrogens (tertiary/aromatic N) is 4. The molecule has 0 aliphatic carbocycles. The zero-order valence-corrected chi connectivity index (χ0v) is 33.5. The quantitative estimate of drug-likeness (QED) is 0.131. The van der Waals surface area contributed by atoms with Gasteiger partial charge in [0.25, 0.3) is 5.56 Å². The van der Waals surface area contributed by atoms with E-state index in [1.807, 2.05) is 28.0 Å². The van der Waals surface area contributed by atoms with Gasteiger partial charge < -0.3 is 29.5 Å². The first kappa shape index (κ1) is 43.6. The predicted molar refractivity (Wildman–Crippen MR) is 217 cm³/mol. The number of carboxylic acid groups (broad SMARTS) is 1. The number of carbonyl (C=O) groups is 4. The molecule has 13 nitrogen and oxygen atoms in total. The third-order valence-electron chi connectivity index (χ3n) is 10.9. The number of anilines is 2. The molecular weight excluding hydrogens is 812 g/mol. The number of likely N-dealkylation sites (tertiary alicyclic amines) is 1. The Hall–Kier alpha value is -5.97. The molecule has 3 amide bonds. The van der Waals surface area contributed by atoms with E-state index >= 15 is 4.39 Å². The summed E-state index contributed by atoms with van der Waals surface area (Å²) in [6.45, 7) is 2.56. The number of aliphatic carboxylic acids is 1. The molecular formula is C42H43ClF4N6O7. The highest BCUT2D eigenvalue weighted by atomic mass is 35.5. The maximum absolute atomic E-state index is 15.2. The SMILES string of the molecule is COc1cc(-c2cn(C)c(=O)c3cnccc23)cc(Cl)c1C=C1CCN(C(=O)CC2CCN(c3ccc(NC4CCC(=O)NC4=O)cc3F)CC2)CC1.O=C(O)C(F)(F)F. The monoisotopic (exact) mass is 854 g/mol. The van der Waals surface area contributed by atoms with Crippen molar-refractivity contribution >= 4 is 63.5 Å². The van der Waals surface area contributed by atoms with Crippen LogP contribution in [0.4, 0.5) is 28.9 Å². The first-order chi connectivity index (χ1) is 28.5. The fraction of sp³-hybridized carbons (Fsp3) is 0.381. The summed E-state index contributed by atoms with van der Waals surface area (Å²) in [5.41, 5.74) is 4.53. The lowest BCUT2D eigenvalue weighted by atomic mass is 9.92. The fourth-order valence-corrected chi connectivity index (χ4v) is 7.90. The smallest absolute Gasteiger partial charge is 0.490 e. The summed E-state index contributed by atoms with van der Waals surface area (Å²) in [7, 11) is 3.33. The number of pyridine rings is 2. The minimum Gasteiger partial charge on any atom is -0.496 e. The molecule has 0 bridgehead atoms. The number of benzene rings is 2. The molecule has 60 heavy (non-hydrogen) atoms. The molecule has 0 radical (unpaired) electrons. The normalized spacial score (nSPS) is 17.4. The minimum atomic E-state index is -5.08. The molecule has 3 aliphatic rings. The molecule has 2 aromatic carbocycles. The van der Waals surface area contributed by atoms with Crippen molar-refractivity contribution in [2.75, 3.05) is 43.5 Å². The van der Waals surface area contributed by atoms with Crippen LogP contribution in [0.2, 0.25) is 5.02 Å². The molecule has 2 aromatic heterocycles. The first-order valence-corrected chi connectivity index (χ1v) is 19.6. The molecule has 4 aromatic rings. The van der Waals surface area contributed by atoms with Gasteiger partial charge in [-0.3, -0.25) is 29.5 Å². The van der Waals surface area contributed by atoms with Gasteiger partial charge in [-0.2, -0.15) is 13.2 Å². The Labute approximate surface area is 347 Å². The second-order valence-corrected chi connectivity index (χ2v) is 15.3. The first-order valence-electron chi connectivity index (χ1n) is 19.3.